The Balaban J connectivity index is 1.59. The van der Waals surface area contributed by atoms with Crippen molar-refractivity contribution in [1.82, 2.24) is 0 Å². The number of rotatable bonds is 7. The Labute approximate surface area is 159 Å². The molecule has 0 aliphatic carbocycles. The molecule has 3 rings (SSSR count). The van der Waals surface area contributed by atoms with E-state index in [4.69, 9.17) is 33.9 Å². The largest absolute Gasteiger partial charge is 0.394 e. The van der Waals surface area contributed by atoms with Crippen LogP contribution >= 0.6 is 0 Å². The maximum Gasteiger partial charge on any atom is 0.187 e. The molecule has 13 heteroatoms. The predicted octanol–water partition coefficient (Wildman–Crippen LogP) is -5.66. The highest BCUT2D eigenvalue weighted by atomic mass is 16.7. The fourth-order valence-corrected chi connectivity index (χ4v) is 3.35. The molecule has 0 spiro atoms. The SMILES string of the molecule is OC[C@@H]1O[C@@H](OC[C@@H]2O[C@H](O)[C@H](O)[C@H]2O[C@@H]2O[C@@H](CO)[C@H](O)[C@H]2O)[C@H](O)[C@H]1O. The first-order chi connectivity index (χ1) is 13.3. The fraction of sp³-hybridized carbons (Fsp3) is 1.00. The monoisotopic (exact) mass is 414 g/mol. The molecule has 8 N–H and O–H groups in total. The third-order valence-electron chi connectivity index (χ3n) is 5.02. The zero-order valence-corrected chi connectivity index (χ0v) is 14.7. The number of ether oxygens (including phenoxy) is 5. The van der Waals surface area contributed by atoms with Gasteiger partial charge in [-0.25, -0.2) is 0 Å². The molecule has 0 aromatic heterocycles. The summed E-state index contributed by atoms with van der Waals surface area (Å²) in [6.07, 6.45) is -16.1. The molecule has 0 radical (unpaired) electrons. The zero-order valence-electron chi connectivity index (χ0n) is 14.7. The molecule has 0 saturated carbocycles. The Bertz CT molecular complexity index is 508. The summed E-state index contributed by atoms with van der Waals surface area (Å²) in [6.45, 7) is -1.46. The number of aliphatic hydroxyl groups is 8. The Morgan fingerprint density at radius 3 is 1.68 bits per heavy atom. The van der Waals surface area contributed by atoms with Crippen molar-refractivity contribution in [3.8, 4) is 0 Å². The molecular weight excluding hydrogens is 388 g/mol. The maximum atomic E-state index is 10.1. The van der Waals surface area contributed by atoms with Gasteiger partial charge in [0.2, 0.25) is 0 Å². The lowest BCUT2D eigenvalue weighted by Crippen LogP contribution is -2.44. The van der Waals surface area contributed by atoms with Crippen molar-refractivity contribution < 1.29 is 64.5 Å². The highest BCUT2D eigenvalue weighted by Gasteiger charge is 2.51. The van der Waals surface area contributed by atoms with Crippen molar-refractivity contribution in [3.05, 3.63) is 0 Å². The molecule has 3 aliphatic rings. The minimum absolute atomic E-state index is 0.361. The summed E-state index contributed by atoms with van der Waals surface area (Å²) in [7, 11) is 0. The minimum Gasteiger partial charge on any atom is -0.394 e. The molecule has 13 nitrogen and oxygen atoms in total. The maximum absolute atomic E-state index is 10.1. The molecule has 0 aromatic rings. The molecule has 0 bridgehead atoms. The van der Waals surface area contributed by atoms with Gasteiger partial charge in [-0.2, -0.15) is 0 Å². The first kappa shape index (κ1) is 22.2. The lowest BCUT2D eigenvalue weighted by atomic mass is 10.1. The summed E-state index contributed by atoms with van der Waals surface area (Å²) >= 11 is 0. The molecule has 0 aromatic carbocycles. The summed E-state index contributed by atoms with van der Waals surface area (Å²) in [4.78, 5) is 0. The second kappa shape index (κ2) is 9.09. The van der Waals surface area contributed by atoms with Crippen LogP contribution in [0.2, 0.25) is 0 Å². The van der Waals surface area contributed by atoms with E-state index < -0.39 is 87.0 Å². The summed E-state index contributed by atoms with van der Waals surface area (Å²) in [5, 5.41) is 77.3. The standard InChI is InChI=1S/C15H26O13/c16-1-4-7(18)9(20)14(26-4)24-3-6-12(11(22)13(23)25-6)28-15-10(21)8(19)5(2-17)27-15/h4-23H,1-3H2/t4-,5-,6-,7-,8-,9+,10+,11+,12-,13-,14+,15-/m0/s1. The Morgan fingerprint density at radius 2 is 1.14 bits per heavy atom. The van der Waals surface area contributed by atoms with Crippen LogP contribution in [-0.2, 0) is 23.7 Å². The van der Waals surface area contributed by atoms with Gasteiger partial charge in [-0.05, 0) is 0 Å². The lowest BCUT2D eigenvalue weighted by molar-refractivity contribution is -0.227. The normalized spacial score (nSPS) is 51.9. The van der Waals surface area contributed by atoms with Crippen LogP contribution in [0.5, 0.6) is 0 Å². The lowest BCUT2D eigenvalue weighted by Gasteiger charge is -2.26. The summed E-state index contributed by atoms with van der Waals surface area (Å²) in [5.74, 6) is 0. The van der Waals surface area contributed by atoms with Gasteiger partial charge in [0.1, 0.15) is 54.9 Å². The van der Waals surface area contributed by atoms with Gasteiger partial charge in [0.05, 0.1) is 19.8 Å². The van der Waals surface area contributed by atoms with Crippen molar-refractivity contribution in [3.63, 3.8) is 0 Å². The molecular formula is C15H26O13. The van der Waals surface area contributed by atoms with E-state index in [1.54, 1.807) is 0 Å². The molecule has 3 heterocycles. The van der Waals surface area contributed by atoms with Gasteiger partial charge in [0, 0.05) is 0 Å². The molecule has 3 fully saturated rings. The third-order valence-corrected chi connectivity index (χ3v) is 5.02. The summed E-state index contributed by atoms with van der Waals surface area (Å²) in [5.41, 5.74) is 0. The third kappa shape index (κ3) is 4.17. The van der Waals surface area contributed by atoms with Crippen molar-refractivity contribution in [1.29, 1.82) is 0 Å². The number of hydrogen-bond acceptors (Lipinski definition) is 13. The van der Waals surface area contributed by atoms with Crippen LogP contribution in [-0.4, -0.2) is 134 Å². The highest BCUT2D eigenvalue weighted by Crippen LogP contribution is 2.30. The van der Waals surface area contributed by atoms with E-state index in [0.717, 1.165) is 0 Å². The molecule has 3 saturated heterocycles. The van der Waals surface area contributed by atoms with Gasteiger partial charge in [0.15, 0.2) is 18.9 Å². The highest BCUT2D eigenvalue weighted by molar-refractivity contribution is 4.92. The van der Waals surface area contributed by atoms with E-state index in [2.05, 4.69) is 0 Å². The average molecular weight is 414 g/mol. The van der Waals surface area contributed by atoms with Crippen LogP contribution in [0, 0.1) is 0 Å². The molecule has 12 atom stereocenters. The molecule has 0 unspecified atom stereocenters. The quantitative estimate of drug-likeness (QED) is 0.196. The van der Waals surface area contributed by atoms with Crippen molar-refractivity contribution in [2.75, 3.05) is 19.8 Å². The first-order valence-electron chi connectivity index (χ1n) is 8.82. The van der Waals surface area contributed by atoms with Gasteiger partial charge < -0.3 is 64.5 Å². The number of aliphatic hydroxyl groups excluding tert-OH is 8. The predicted molar refractivity (Wildman–Crippen MR) is 83.2 cm³/mol. The van der Waals surface area contributed by atoms with Crippen LogP contribution in [0.4, 0.5) is 0 Å². The summed E-state index contributed by atoms with van der Waals surface area (Å²) in [6, 6.07) is 0. The topological polar surface area (TPSA) is 208 Å². The molecule has 3 aliphatic heterocycles. The van der Waals surface area contributed by atoms with E-state index >= 15 is 0 Å². The number of hydrogen-bond donors (Lipinski definition) is 8. The van der Waals surface area contributed by atoms with Gasteiger partial charge >= 0.3 is 0 Å². The smallest absolute Gasteiger partial charge is 0.187 e. The molecule has 164 valence electrons. The second-order valence-electron chi connectivity index (χ2n) is 6.90. The average Bonchev–Trinajstić information content (AvgIpc) is 3.23. The Kier molecular flexibility index (Phi) is 7.20. The van der Waals surface area contributed by atoms with E-state index in [0.29, 0.717) is 0 Å². The molecule has 0 amide bonds. The van der Waals surface area contributed by atoms with Gasteiger partial charge in [0.25, 0.3) is 0 Å². The van der Waals surface area contributed by atoms with Crippen molar-refractivity contribution in [2.45, 2.75) is 73.8 Å². The van der Waals surface area contributed by atoms with Crippen LogP contribution in [0.3, 0.4) is 0 Å². The van der Waals surface area contributed by atoms with Crippen molar-refractivity contribution >= 4 is 0 Å². The van der Waals surface area contributed by atoms with E-state index in [1.165, 1.54) is 0 Å². The van der Waals surface area contributed by atoms with Gasteiger partial charge in [-0.3, -0.25) is 0 Å². The van der Waals surface area contributed by atoms with Gasteiger partial charge in [-0.15, -0.1) is 0 Å². The van der Waals surface area contributed by atoms with Crippen LogP contribution in [0.15, 0.2) is 0 Å². The molecule has 28 heavy (non-hydrogen) atoms. The first-order valence-corrected chi connectivity index (χ1v) is 8.82. The van der Waals surface area contributed by atoms with E-state index in [9.17, 15) is 30.6 Å². The second-order valence-corrected chi connectivity index (χ2v) is 6.90. The zero-order chi connectivity index (χ0) is 20.6. The fourth-order valence-electron chi connectivity index (χ4n) is 3.35. The van der Waals surface area contributed by atoms with E-state index in [1.807, 2.05) is 0 Å². The van der Waals surface area contributed by atoms with Crippen molar-refractivity contribution in [2.24, 2.45) is 0 Å². The Hall–Kier alpha value is -0.520. The van der Waals surface area contributed by atoms with Crippen LogP contribution in [0.1, 0.15) is 0 Å². The van der Waals surface area contributed by atoms with E-state index in [-0.39, 0.29) is 6.61 Å². The summed E-state index contributed by atoms with van der Waals surface area (Å²) < 4.78 is 26.2. The van der Waals surface area contributed by atoms with Crippen LogP contribution < -0.4 is 0 Å². The van der Waals surface area contributed by atoms with Gasteiger partial charge in [-0.1, -0.05) is 0 Å². The van der Waals surface area contributed by atoms with Crippen LogP contribution in [0.25, 0.3) is 0 Å². The minimum atomic E-state index is -1.64. The Morgan fingerprint density at radius 1 is 0.607 bits per heavy atom.